The Balaban J connectivity index is 0.000000294. The van der Waals surface area contributed by atoms with Crippen molar-refractivity contribution >= 4 is 86.2 Å². The van der Waals surface area contributed by atoms with Gasteiger partial charge in [0.1, 0.15) is 0 Å². The Labute approximate surface area is 771 Å². The maximum absolute atomic E-state index is 2.29. The Kier molecular flexibility index (Phi) is 41.9. The summed E-state index contributed by atoms with van der Waals surface area (Å²) in [5, 5.41) is 21.4. The van der Waals surface area contributed by atoms with Gasteiger partial charge in [-0.3, -0.25) is 0 Å². The molecule has 0 bridgehead atoms. The number of hydrogen-bond donors (Lipinski definition) is 0. The van der Waals surface area contributed by atoms with Gasteiger partial charge in [0.2, 0.25) is 0 Å². The molecule has 0 radical (unpaired) electrons. The van der Waals surface area contributed by atoms with Gasteiger partial charge < -0.3 is 0 Å². The summed E-state index contributed by atoms with van der Waals surface area (Å²) in [4.78, 5) is 0. The molecule has 13 aromatic rings. The average Bonchev–Trinajstić information content (AvgIpc) is 0.916. The van der Waals surface area contributed by atoms with E-state index in [-0.39, 0.29) is 0 Å². The van der Waals surface area contributed by atoms with E-state index in [2.05, 4.69) is 567 Å². The molecular weight excluding hydrogens is 1510 g/mol. The molecule has 5 aliphatic carbocycles. The molecule has 0 N–H and O–H groups in total. The zero-order chi connectivity index (χ0) is 95.2. The molecule has 0 amide bonds. The first kappa shape index (κ1) is 109. The van der Waals surface area contributed by atoms with E-state index in [0.29, 0.717) is 54.7 Å². The Bertz CT molecular complexity index is 5090. The van der Waals surface area contributed by atoms with Gasteiger partial charge in [-0.15, -0.1) is 0 Å². The van der Waals surface area contributed by atoms with Crippen LogP contribution in [0.3, 0.4) is 0 Å². The normalized spacial score (nSPS) is 13.8. The molecule has 18 rings (SSSR count). The van der Waals surface area contributed by atoms with E-state index in [9.17, 15) is 0 Å². The fraction of sp³-hybridized carbons (Fsp3) is 0.413. The minimum absolute atomic E-state index is 0.500. The highest BCUT2D eigenvalue weighted by Gasteiger charge is 2.32. The Hall–Kier alpha value is -9.62. The predicted molar refractivity (Wildman–Crippen MR) is 579 cm³/mol. The SMILES string of the molecule is C1=CC2=CC=C3CC=CC4=C3C2C(=C1)C=C4.CC(C)(C)C.CC(C)(C)C.CC(C)(C)C.CC(C)(C)C.CC(C)(C)C.CC(C)(C)C.CC(C)(C)C.CC(C)(C)C.CC(C)(C)C.CC(C)C.c1cc2cccc3c4cccc5cccc(c(c1)c23)c54.c1ccc2c(c1)Cc1ccccc1-2.c1ccc2c(c1)ccc1ccccc12.c1ccc2cc3ccccc3cc2c1. The van der Waals surface area contributed by atoms with Gasteiger partial charge in [0.05, 0.1) is 0 Å². The molecule has 0 aliphatic heterocycles. The molecule has 5 aliphatic rings. The van der Waals surface area contributed by atoms with Crippen LogP contribution in [0.1, 0.15) is 288 Å². The zero-order valence-corrected chi connectivity index (χ0v) is 86.9. The molecule has 0 fully saturated rings. The first-order chi connectivity index (χ1) is 57.9. The largest absolute Gasteiger partial charge is 0.0795 e. The van der Waals surface area contributed by atoms with E-state index >= 15 is 0 Å². The van der Waals surface area contributed by atoms with Crippen LogP contribution >= 0.6 is 0 Å². The van der Waals surface area contributed by atoms with Crippen LogP contribution in [0.4, 0.5) is 0 Å². The summed E-state index contributed by atoms with van der Waals surface area (Å²) in [6, 6.07) is 86.5. The van der Waals surface area contributed by atoms with Crippen molar-refractivity contribution in [3.63, 3.8) is 0 Å². The molecular formula is C126H172. The summed E-state index contributed by atoms with van der Waals surface area (Å²) in [7, 11) is 0. The molecule has 0 spiro atoms. The number of allylic oxidation sites excluding steroid dienone is 14. The number of benzene rings is 13. The minimum Gasteiger partial charge on any atom is -0.0795 e. The van der Waals surface area contributed by atoms with Crippen molar-refractivity contribution < 1.29 is 0 Å². The lowest BCUT2D eigenvalue weighted by Crippen LogP contribution is -2.20. The second-order valence-corrected chi connectivity index (χ2v) is 49.3. The van der Waals surface area contributed by atoms with Crippen molar-refractivity contribution in [3.05, 3.63) is 336 Å². The summed E-state index contributed by atoms with van der Waals surface area (Å²) in [5.41, 5.74) is 17.6. The molecule has 0 saturated heterocycles. The lowest BCUT2D eigenvalue weighted by Gasteiger charge is -2.34. The van der Waals surface area contributed by atoms with Gasteiger partial charge in [-0.25, -0.2) is 0 Å². The van der Waals surface area contributed by atoms with Gasteiger partial charge in [-0.1, -0.05) is 555 Å². The highest BCUT2D eigenvalue weighted by molar-refractivity contribution is 6.32. The lowest BCUT2D eigenvalue weighted by atomic mass is 9.69. The Morgan fingerprint density at radius 3 is 0.802 bits per heavy atom. The van der Waals surface area contributed by atoms with E-state index in [4.69, 9.17) is 0 Å². The smallest absolute Gasteiger partial charge is 0.0348 e. The predicted octanol–water partition coefficient (Wildman–Crippen LogP) is 40.9. The van der Waals surface area contributed by atoms with Crippen LogP contribution < -0.4 is 0 Å². The Morgan fingerprint density at radius 2 is 0.492 bits per heavy atom. The molecule has 1 atom stereocenters. The summed E-state index contributed by atoms with van der Waals surface area (Å²) in [5.74, 6) is 1.34. The van der Waals surface area contributed by atoms with Crippen molar-refractivity contribution in [2.45, 2.75) is 283 Å². The zero-order valence-electron chi connectivity index (χ0n) is 86.9. The summed E-state index contributed by atoms with van der Waals surface area (Å²) in [6.07, 6.45) is 22.4. The highest BCUT2D eigenvalue weighted by Crippen LogP contribution is 2.47. The van der Waals surface area contributed by atoms with Crippen molar-refractivity contribution in [3.8, 4) is 11.1 Å². The van der Waals surface area contributed by atoms with Crippen LogP contribution in [0.2, 0.25) is 0 Å². The molecule has 0 nitrogen and oxygen atoms in total. The van der Waals surface area contributed by atoms with E-state index in [1.165, 1.54) is 136 Å². The molecule has 0 saturated carbocycles. The first-order valence-corrected chi connectivity index (χ1v) is 46.8. The van der Waals surface area contributed by atoms with Crippen LogP contribution in [-0.2, 0) is 6.42 Å². The highest BCUT2D eigenvalue weighted by atomic mass is 14.3. The molecule has 0 aromatic heterocycles. The second kappa shape index (κ2) is 48.5. The van der Waals surface area contributed by atoms with Crippen molar-refractivity contribution in [1.82, 2.24) is 0 Å². The topological polar surface area (TPSA) is 0 Å². The van der Waals surface area contributed by atoms with E-state index in [1.54, 1.807) is 0 Å². The van der Waals surface area contributed by atoms with Crippen molar-refractivity contribution in [2.24, 2.45) is 60.6 Å². The molecule has 13 aromatic carbocycles. The van der Waals surface area contributed by atoms with Gasteiger partial charge in [-0.2, -0.15) is 0 Å². The summed E-state index contributed by atoms with van der Waals surface area (Å²) in [6.45, 7) is 85.3. The van der Waals surface area contributed by atoms with Gasteiger partial charge in [0.15, 0.2) is 0 Å². The Morgan fingerprint density at radius 1 is 0.238 bits per heavy atom. The van der Waals surface area contributed by atoms with Gasteiger partial charge in [0, 0.05) is 5.92 Å². The quantitative estimate of drug-likeness (QED) is 0.105. The third-order valence-electron chi connectivity index (χ3n) is 16.1. The maximum Gasteiger partial charge on any atom is 0.0348 e. The van der Waals surface area contributed by atoms with Gasteiger partial charge >= 0.3 is 0 Å². The number of fused-ring (bicyclic) bond motifs is 10. The molecule has 1 unspecified atom stereocenters. The van der Waals surface area contributed by atoms with Crippen molar-refractivity contribution in [1.29, 1.82) is 0 Å². The third-order valence-corrected chi connectivity index (χ3v) is 16.1. The third kappa shape index (κ3) is 45.7. The average molecular weight is 1690 g/mol. The van der Waals surface area contributed by atoms with Gasteiger partial charge in [-0.05, 0) is 216 Å². The molecule has 0 heterocycles. The second-order valence-electron chi connectivity index (χ2n) is 49.3. The number of rotatable bonds is 0. The first-order valence-electron chi connectivity index (χ1n) is 46.8. The fourth-order valence-electron chi connectivity index (χ4n) is 12.5. The van der Waals surface area contributed by atoms with Crippen LogP contribution in [0.25, 0.3) is 97.3 Å². The maximum atomic E-state index is 2.29. The van der Waals surface area contributed by atoms with Crippen LogP contribution in [0, 0.1) is 60.6 Å². The van der Waals surface area contributed by atoms with Crippen LogP contribution in [-0.4, -0.2) is 0 Å². The standard InChI is InChI=1S/C20H12.C16H12.2C14H10.C13H10.9C5H12.C4H10/c1-5-13-6-2-11-17-18-12-4-8-14-7-3-10-16(20(14)18)15(9-1)19(13)17;1-3-11-7-9-13-5-2-6-14-10-8-12(4-1)15(11)16(13)14;1-3-7-13-11(5-1)9-10-12-6-2-4-8-14(12)13;1-2-6-12-10-14-8-4-3-7-13(14)9-11(12)5-1;1-3-7-12-10(5-1)9-11-6-2-4-8-13(11)12;9*1-5(2,3)4;1-4(2)3/h1-12H;1-5,7-10,15H,6H2;2*1-10H;1-8H,9H2;9*1-4H3;4H,1-3H3. The van der Waals surface area contributed by atoms with E-state index in [0.717, 1.165) is 18.8 Å². The summed E-state index contributed by atoms with van der Waals surface area (Å²) >= 11 is 0. The molecule has 676 valence electrons. The van der Waals surface area contributed by atoms with Crippen LogP contribution in [0.5, 0.6) is 0 Å². The van der Waals surface area contributed by atoms with Crippen molar-refractivity contribution in [2.75, 3.05) is 0 Å². The van der Waals surface area contributed by atoms with E-state index in [1.807, 2.05) is 0 Å². The minimum atomic E-state index is 0.500. The molecule has 126 heavy (non-hydrogen) atoms. The van der Waals surface area contributed by atoms with Crippen LogP contribution in [0.15, 0.2) is 325 Å². The molecule has 0 heteroatoms. The number of hydrogen-bond acceptors (Lipinski definition) is 0. The monoisotopic (exact) mass is 1690 g/mol. The fourth-order valence-corrected chi connectivity index (χ4v) is 12.5. The lowest BCUT2D eigenvalue weighted by molar-refractivity contribution is 0.469. The van der Waals surface area contributed by atoms with Gasteiger partial charge in [0.25, 0.3) is 0 Å². The summed E-state index contributed by atoms with van der Waals surface area (Å²) < 4.78 is 0. The van der Waals surface area contributed by atoms with E-state index < -0.39 is 0 Å².